The number of carbonyl (C=O) groups excluding carboxylic acids is 1. The van der Waals surface area contributed by atoms with Crippen molar-refractivity contribution < 1.29 is 45.3 Å². The van der Waals surface area contributed by atoms with Crippen LogP contribution in [0.2, 0.25) is 0 Å². The topological polar surface area (TPSA) is 111 Å². The quantitative estimate of drug-likeness (QED) is 0.116. The summed E-state index contributed by atoms with van der Waals surface area (Å²) in [6, 6.07) is 26.5. The molecule has 1 saturated heterocycles. The van der Waals surface area contributed by atoms with Crippen LogP contribution in [0.15, 0.2) is 114 Å². The second kappa shape index (κ2) is 16.9. The molecule has 302 valence electrons. The van der Waals surface area contributed by atoms with Crippen LogP contribution in [0.1, 0.15) is 59.3 Å². The van der Waals surface area contributed by atoms with E-state index in [1.807, 2.05) is 30.3 Å². The van der Waals surface area contributed by atoms with Crippen LogP contribution in [0.3, 0.4) is 0 Å². The first-order valence-corrected chi connectivity index (χ1v) is 18.0. The van der Waals surface area contributed by atoms with Gasteiger partial charge in [-0.05, 0) is 72.4 Å². The molecule has 4 aromatic carbocycles. The maximum atomic E-state index is 14.5. The summed E-state index contributed by atoms with van der Waals surface area (Å²) in [5.74, 6) is 0.680. The van der Waals surface area contributed by atoms with Crippen LogP contribution < -0.4 is 15.7 Å². The third-order valence-corrected chi connectivity index (χ3v) is 10.4. The van der Waals surface area contributed by atoms with Crippen LogP contribution in [-0.2, 0) is 46.1 Å². The molecule has 5 aromatic rings. The monoisotopic (exact) mass is 797 g/mol. The minimum atomic E-state index is -5.06. The lowest BCUT2D eigenvalue weighted by Gasteiger charge is -2.53. The summed E-state index contributed by atoms with van der Waals surface area (Å²) < 4.78 is 102. The normalized spacial score (nSPS) is 19.3. The van der Waals surface area contributed by atoms with Gasteiger partial charge < -0.3 is 19.5 Å². The molecular formula is C41H41F6N5O5. The van der Waals surface area contributed by atoms with Crippen molar-refractivity contribution in [2.45, 2.75) is 62.5 Å². The molecule has 2 N–H and O–H groups in total. The number of piperidine rings is 1. The molecule has 1 aliphatic rings. The molecule has 57 heavy (non-hydrogen) atoms. The lowest BCUT2D eigenvalue weighted by molar-refractivity contribution is -0.143. The van der Waals surface area contributed by atoms with Gasteiger partial charge in [0.1, 0.15) is 18.7 Å². The van der Waals surface area contributed by atoms with Crippen molar-refractivity contribution in [1.29, 1.82) is 0 Å². The number of aromatic nitrogens is 3. The highest BCUT2D eigenvalue weighted by Gasteiger charge is 2.53. The van der Waals surface area contributed by atoms with Gasteiger partial charge >= 0.3 is 24.1 Å². The molecule has 10 nitrogen and oxygen atoms in total. The number of rotatable bonds is 13. The summed E-state index contributed by atoms with van der Waals surface area (Å²) in [6.07, 6.45) is -10.5. The van der Waals surface area contributed by atoms with Gasteiger partial charge in [-0.15, -0.1) is 0 Å². The summed E-state index contributed by atoms with van der Waals surface area (Å²) in [5, 5.41) is 9.83. The number of hydrogen-bond donors (Lipinski definition) is 2. The number of likely N-dealkylation sites (tertiary alicyclic amines) is 1. The minimum absolute atomic E-state index is 0.0629. The number of H-pyrrole nitrogens is 1. The Morgan fingerprint density at radius 3 is 2.09 bits per heavy atom. The zero-order chi connectivity index (χ0) is 40.8. The first-order valence-electron chi connectivity index (χ1n) is 18.0. The third kappa shape index (κ3) is 9.34. The summed E-state index contributed by atoms with van der Waals surface area (Å²) in [6.45, 7) is 1.31. The van der Waals surface area contributed by atoms with Crippen LogP contribution in [0.25, 0.3) is 0 Å². The Bertz CT molecular complexity index is 2130. The highest BCUT2D eigenvalue weighted by atomic mass is 19.4. The van der Waals surface area contributed by atoms with Crippen molar-refractivity contribution in [2.24, 2.45) is 0 Å². The van der Waals surface area contributed by atoms with E-state index in [0.717, 1.165) is 5.56 Å². The maximum absolute atomic E-state index is 14.5. The number of methoxy groups -OCH3 is 1. The molecule has 3 atom stereocenters. The first-order chi connectivity index (χ1) is 27.1. The van der Waals surface area contributed by atoms with Gasteiger partial charge in [-0.25, -0.2) is 14.7 Å². The van der Waals surface area contributed by atoms with Crippen LogP contribution in [0.5, 0.6) is 5.75 Å². The Kier molecular flexibility index (Phi) is 12.1. The second-order valence-corrected chi connectivity index (χ2v) is 14.0. The van der Waals surface area contributed by atoms with E-state index in [-0.39, 0.29) is 50.8 Å². The smallest absolute Gasteiger partial charge is 0.416 e. The number of carbonyl (C=O) groups is 1. The number of hydrogen-bond acceptors (Lipinski definition) is 7. The van der Waals surface area contributed by atoms with E-state index in [9.17, 15) is 35.9 Å². The number of aromatic amines is 1. The van der Waals surface area contributed by atoms with Crippen molar-refractivity contribution in [2.75, 3.05) is 26.8 Å². The Hall–Kier alpha value is -5.61. The van der Waals surface area contributed by atoms with Gasteiger partial charge in [0.2, 0.25) is 0 Å². The molecule has 6 rings (SSSR count). The predicted octanol–water partition coefficient (Wildman–Crippen LogP) is 8.21. The zero-order valence-electron chi connectivity index (χ0n) is 31.1. The lowest BCUT2D eigenvalue weighted by Crippen LogP contribution is -2.65. The van der Waals surface area contributed by atoms with Gasteiger partial charge in [0.25, 0.3) is 0 Å². The molecule has 2 heterocycles. The van der Waals surface area contributed by atoms with E-state index < -0.39 is 52.4 Å². The average molecular weight is 798 g/mol. The molecular weight excluding hydrogens is 756 g/mol. The Morgan fingerprint density at radius 1 is 0.877 bits per heavy atom. The summed E-state index contributed by atoms with van der Waals surface area (Å²) in [7, 11) is 1.57. The molecule has 0 saturated carbocycles. The molecule has 1 aliphatic heterocycles. The van der Waals surface area contributed by atoms with Crippen molar-refractivity contribution in [3.63, 3.8) is 0 Å². The number of nitrogens with zero attached hydrogens (tertiary/aromatic N) is 3. The fourth-order valence-corrected chi connectivity index (χ4v) is 7.19. The largest absolute Gasteiger partial charge is 0.497 e. The standard InChI is InChI=1S/C41H41F6N5O5/c1-28(31-19-33(40(42,43)44)21-34(20-31)41(45,46)47)57-26-39(32-11-7-4-8-12-32)18-17-38(52-27-49-50-36(52)53,24-48-22-29-13-15-35(55-2)16-14-29)25-51(39)37(54)56-23-30-9-5-3-6-10-30/h3-16,19-21,27-28,48H,17-18,22-26H2,1-2H3,(H,50,53)/t28-,38-,39+/m1/s1. The van der Waals surface area contributed by atoms with Gasteiger partial charge in [0, 0.05) is 13.1 Å². The molecule has 16 heteroatoms. The third-order valence-electron chi connectivity index (χ3n) is 10.4. The molecule has 0 spiro atoms. The lowest BCUT2D eigenvalue weighted by atomic mass is 9.74. The van der Waals surface area contributed by atoms with Crippen LogP contribution in [-0.4, -0.2) is 52.6 Å². The van der Waals surface area contributed by atoms with Crippen molar-refractivity contribution in [1.82, 2.24) is 25.0 Å². The highest BCUT2D eigenvalue weighted by molar-refractivity contribution is 5.70. The Balaban J connectivity index is 1.39. The fourth-order valence-electron chi connectivity index (χ4n) is 7.19. The van der Waals surface area contributed by atoms with Crippen LogP contribution in [0, 0.1) is 0 Å². The Labute approximate surface area is 324 Å². The van der Waals surface area contributed by atoms with Crippen molar-refractivity contribution in [3.05, 3.63) is 153 Å². The summed E-state index contributed by atoms with van der Waals surface area (Å²) in [4.78, 5) is 29.3. The predicted molar refractivity (Wildman–Crippen MR) is 197 cm³/mol. The summed E-state index contributed by atoms with van der Waals surface area (Å²) in [5.41, 5.74) is -4.11. The van der Waals surface area contributed by atoms with E-state index in [0.29, 0.717) is 35.6 Å². The Morgan fingerprint density at radius 2 is 1.51 bits per heavy atom. The van der Waals surface area contributed by atoms with E-state index in [1.54, 1.807) is 61.7 Å². The number of halogens is 6. The minimum Gasteiger partial charge on any atom is -0.497 e. The highest BCUT2D eigenvalue weighted by Crippen LogP contribution is 2.45. The van der Waals surface area contributed by atoms with Gasteiger partial charge in [-0.1, -0.05) is 72.8 Å². The SMILES string of the molecule is COc1ccc(CNC[C@]2(n3cn[nH]c3=O)CC[C@](CO[C@H](C)c3cc(C(F)(F)F)cc(C(F)(F)F)c3)(c3ccccc3)N(C(=O)OCc3ccccc3)C2)cc1. The number of amides is 1. The molecule has 1 aromatic heterocycles. The van der Waals surface area contributed by atoms with E-state index in [1.165, 1.54) is 22.7 Å². The van der Waals surface area contributed by atoms with E-state index >= 15 is 0 Å². The number of benzene rings is 4. The number of ether oxygens (including phenoxy) is 3. The molecule has 1 amide bonds. The maximum Gasteiger partial charge on any atom is 0.416 e. The molecule has 0 aliphatic carbocycles. The van der Waals surface area contributed by atoms with Gasteiger partial charge in [0.15, 0.2) is 0 Å². The van der Waals surface area contributed by atoms with E-state index in [4.69, 9.17) is 14.2 Å². The van der Waals surface area contributed by atoms with Gasteiger partial charge in [0.05, 0.1) is 48.6 Å². The van der Waals surface area contributed by atoms with Gasteiger partial charge in [-0.2, -0.15) is 31.4 Å². The molecule has 0 bridgehead atoms. The van der Waals surface area contributed by atoms with E-state index in [2.05, 4.69) is 15.5 Å². The zero-order valence-corrected chi connectivity index (χ0v) is 31.1. The molecule has 0 unspecified atom stereocenters. The first kappa shape index (κ1) is 41.0. The van der Waals surface area contributed by atoms with Crippen LogP contribution in [0.4, 0.5) is 31.1 Å². The average Bonchev–Trinajstić information content (AvgIpc) is 3.65. The van der Waals surface area contributed by atoms with Crippen LogP contribution >= 0.6 is 0 Å². The summed E-state index contributed by atoms with van der Waals surface area (Å²) >= 11 is 0. The van der Waals surface area contributed by atoms with Gasteiger partial charge in [-0.3, -0.25) is 9.47 Å². The second-order valence-electron chi connectivity index (χ2n) is 14.0. The molecule has 1 fully saturated rings. The van der Waals surface area contributed by atoms with Crippen molar-refractivity contribution in [3.8, 4) is 5.75 Å². The van der Waals surface area contributed by atoms with Crippen molar-refractivity contribution >= 4 is 6.09 Å². The fraction of sp³-hybridized carbons (Fsp3) is 0.341. The number of nitrogens with one attached hydrogen (secondary N) is 2. The number of alkyl halides is 6. The molecule has 0 radical (unpaired) electrons.